The number of likely N-dealkylation sites (tertiary alicyclic amines) is 1. The first-order valence-corrected chi connectivity index (χ1v) is 10.3. The highest BCUT2D eigenvalue weighted by molar-refractivity contribution is 5.46. The molecule has 5 heteroatoms. The Morgan fingerprint density at radius 3 is 2.70 bits per heavy atom. The lowest BCUT2D eigenvalue weighted by atomic mass is 9.64. The first kappa shape index (κ1) is 19.0. The maximum absolute atomic E-state index is 6.46. The zero-order chi connectivity index (χ0) is 19.1. The molecule has 1 spiro atoms. The van der Waals surface area contributed by atoms with E-state index in [0.29, 0.717) is 6.04 Å². The number of hydrogen-bond acceptors (Lipinski definition) is 5. The van der Waals surface area contributed by atoms with Crippen LogP contribution in [0.5, 0.6) is 11.5 Å². The van der Waals surface area contributed by atoms with E-state index in [4.69, 9.17) is 18.9 Å². The molecule has 4 atom stereocenters. The Labute approximate surface area is 162 Å². The fourth-order valence-electron chi connectivity index (χ4n) is 5.52. The van der Waals surface area contributed by atoms with E-state index >= 15 is 0 Å². The van der Waals surface area contributed by atoms with E-state index in [-0.39, 0.29) is 17.3 Å². The largest absolute Gasteiger partial charge is 0.493 e. The van der Waals surface area contributed by atoms with Crippen molar-refractivity contribution in [1.82, 2.24) is 4.90 Å². The molecule has 0 aromatic heterocycles. The quantitative estimate of drug-likeness (QED) is 0.784. The van der Waals surface area contributed by atoms with Crippen LogP contribution in [0.3, 0.4) is 0 Å². The van der Waals surface area contributed by atoms with Crippen molar-refractivity contribution in [1.29, 1.82) is 0 Å². The molecule has 4 rings (SSSR count). The Hall–Kier alpha value is -1.30. The average molecular weight is 376 g/mol. The van der Waals surface area contributed by atoms with Crippen molar-refractivity contribution >= 4 is 0 Å². The van der Waals surface area contributed by atoms with Gasteiger partial charge >= 0.3 is 0 Å². The van der Waals surface area contributed by atoms with Crippen LogP contribution in [0.4, 0.5) is 0 Å². The predicted molar refractivity (Wildman–Crippen MR) is 105 cm³/mol. The summed E-state index contributed by atoms with van der Waals surface area (Å²) in [5, 5.41) is 0. The van der Waals surface area contributed by atoms with Crippen LogP contribution in [0.25, 0.3) is 0 Å². The van der Waals surface area contributed by atoms with Crippen molar-refractivity contribution < 1.29 is 18.9 Å². The normalized spacial score (nSPS) is 36.1. The smallest absolute Gasteiger partial charge is 0.170 e. The highest BCUT2D eigenvalue weighted by atomic mass is 16.7. The van der Waals surface area contributed by atoms with Crippen molar-refractivity contribution in [2.24, 2.45) is 0 Å². The molecule has 1 aromatic rings. The van der Waals surface area contributed by atoms with Gasteiger partial charge in [0.15, 0.2) is 17.3 Å². The second-order valence-electron chi connectivity index (χ2n) is 8.43. The summed E-state index contributed by atoms with van der Waals surface area (Å²) in [6.45, 7) is 4.06. The molecular formula is C22H33NO4. The van der Waals surface area contributed by atoms with Crippen LogP contribution in [0.2, 0.25) is 0 Å². The summed E-state index contributed by atoms with van der Waals surface area (Å²) in [7, 11) is 5.64. The van der Waals surface area contributed by atoms with Crippen LogP contribution >= 0.6 is 0 Å². The highest BCUT2D eigenvalue weighted by Crippen LogP contribution is 2.54. The second-order valence-corrected chi connectivity index (χ2v) is 8.43. The minimum Gasteiger partial charge on any atom is -0.493 e. The monoisotopic (exact) mass is 375 g/mol. The number of rotatable bonds is 5. The van der Waals surface area contributed by atoms with Gasteiger partial charge in [-0.2, -0.15) is 0 Å². The van der Waals surface area contributed by atoms with Crippen LogP contribution in [-0.4, -0.2) is 57.3 Å². The molecule has 2 aliphatic heterocycles. The van der Waals surface area contributed by atoms with Gasteiger partial charge in [-0.05, 0) is 50.6 Å². The highest BCUT2D eigenvalue weighted by Gasteiger charge is 2.57. The Morgan fingerprint density at radius 2 is 1.96 bits per heavy atom. The Kier molecular flexibility index (Phi) is 5.12. The molecule has 1 saturated carbocycles. The summed E-state index contributed by atoms with van der Waals surface area (Å²) in [6.07, 6.45) is 6.64. The summed E-state index contributed by atoms with van der Waals surface area (Å²) < 4.78 is 23.8. The summed E-state index contributed by atoms with van der Waals surface area (Å²) in [5.74, 6) is 1.22. The van der Waals surface area contributed by atoms with Crippen molar-refractivity contribution in [2.45, 2.75) is 68.8 Å². The lowest BCUT2D eigenvalue weighted by Gasteiger charge is -2.48. The molecule has 2 heterocycles. The van der Waals surface area contributed by atoms with Gasteiger partial charge in [0, 0.05) is 24.3 Å². The Morgan fingerprint density at radius 1 is 1.15 bits per heavy atom. The number of nitrogens with zero attached hydrogens (tertiary/aromatic N) is 1. The average Bonchev–Trinajstić information content (AvgIpc) is 3.24. The van der Waals surface area contributed by atoms with Gasteiger partial charge < -0.3 is 23.8 Å². The van der Waals surface area contributed by atoms with Gasteiger partial charge in [-0.1, -0.05) is 19.4 Å². The lowest BCUT2D eigenvalue weighted by Crippen LogP contribution is -2.53. The van der Waals surface area contributed by atoms with Gasteiger partial charge in [-0.3, -0.25) is 0 Å². The first-order valence-electron chi connectivity index (χ1n) is 10.3. The number of likely N-dealkylation sites (N-methyl/N-ethyl adjacent to an activating group) is 1. The number of benzene rings is 1. The molecule has 2 saturated heterocycles. The van der Waals surface area contributed by atoms with Gasteiger partial charge in [0.2, 0.25) is 0 Å². The zero-order valence-electron chi connectivity index (χ0n) is 17.1. The molecule has 1 aromatic carbocycles. The number of methoxy groups -OCH3 is 2. The topological polar surface area (TPSA) is 40.2 Å². The van der Waals surface area contributed by atoms with E-state index in [1.54, 1.807) is 14.2 Å². The molecule has 3 fully saturated rings. The SMILES string of the molecule is CCCC1CO[C@@]2(CC[C@@]3(c4ccc(OC)c(OC)c4)CCN(C)[C@H]3C2)O1. The lowest BCUT2D eigenvalue weighted by molar-refractivity contribution is -0.204. The molecule has 3 aliphatic rings. The molecular weight excluding hydrogens is 342 g/mol. The maximum atomic E-state index is 6.46. The minimum atomic E-state index is -0.386. The maximum Gasteiger partial charge on any atom is 0.170 e. The van der Waals surface area contributed by atoms with E-state index in [1.165, 1.54) is 5.56 Å². The summed E-state index contributed by atoms with van der Waals surface area (Å²) in [6, 6.07) is 6.87. The van der Waals surface area contributed by atoms with Gasteiger partial charge in [0.05, 0.1) is 26.9 Å². The van der Waals surface area contributed by atoms with Crippen molar-refractivity contribution in [2.75, 3.05) is 34.4 Å². The van der Waals surface area contributed by atoms with Crippen LogP contribution < -0.4 is 9.47 Å². The predicted octanol–water partition coefficient (Wildman–Crippen LogP) is 3.74. The van der Waals surface area contributed by atoms with Gasteiger partial charge in [0.25, 0.3) is 0 Å². The molecule has 0 N–H and O–H groups in total. The number of ether oxygens (including phenoxy) is 4. The van der Waals surface area contributed by atoms with E-state index in [9.17, 15) is 0 Å². The summed E-state index contributed by atoms with van der Waals surface area (Å²) >= 11 is 0. The summed E-state index contributed by atoms with van der Waals surface area (Å²) in [5.41, 5.74) is 1.49. The zero-order valence-corrected chi connectivity index (χ0v) is 17.1. The number of hydrogen-bond donors (Lipinski definition) is 0. The standard InChI is InChI=1S/C22H33NO4/c1-5-6-17-15-26-22(27-17)10-9-21(11-12-23(2)20(21)14-22)16-7-8-18(24-3)19(13-16)25-4/h7-8,13,17,20H,5-6,9-12,14-15H2,1-4H3/t17?,20-,21-,22-/m0/s1. The molecule has 1 aliphatic carbocycles. The molecule has 5 nitrogen and oxygen atoms in total. The van der Waals surface area contributed by atoms with E-state index in [0.717, 1.165) is 63.2 Å². The van der Waals surface area contributed by atoms with Gasteiger partial charge in [0.1, 0.15) is 0 Å². The van der Waals surface area contributed by atoms with Crippen LogP contribution in [0, 0.1) is 0 Å². The summed E-state index contributed by atoms with van der Waals surface area (Å²) in [4.78, 5) is 2.50. The van der Waals surface area contributed by atoms with Crippen molar-refractivity contribution in [3.63, 3.8) is 0 Å². The van der Waals surface area contributed by atoms with Crippen molar-refractivity contribution in [3.8, 4) is 11.5 Å². The van der Waals surface area contributed by atoms with Crippen molar-refractivity contribution in [3.05, 3.63) is 23.8 Å². The third-order valence-corrected chi connectivity index (χ3v) is 7.02. The third kappa shape index (κ3) is 3.14. The van der Waals surface area contributed by atoms with Gasteiger partial charge in [-0.15, -0.1) is 0 Å². The molecule has 0 amide bonds. The molecule has 1 unspecified atom stereocenters. The van der Waals surface area contributed by atoms with Gasteiger partial charge in [-0.25, -0.2) is 0 Å². The molecule has 0 radical (unpaired) electrons. The fraction of sp³-hybridized carbons (Fsp3) is 0.727. The Bertz CT molecular complexity index is 680. The first-order chi connectivity index (χ1) is 13.1. The number of fused-ring (bicyclic) bond motifs is 1. The van der Waals surface area contributed by atoms with Crippen LogP contribution in [0.1, 0.15) is 51.0 Å². The molecule has 27 heavy (non-hydrogen) atoms. The third-order valence-electron chi connectivity index (χ3n) is 7.02. The molecule has 150 valence electrons. The second kappa shape index (κ2) is 7.26. The molecule has 0 bridgehead atoms. The van der Waals surface area contributed by atoms with Crippen LogP contribution in [0.15, 0.2) is 18.2 Å². The fourth-order valence-corrected chi connectivity index (χ4v) is 5.52. The minimum absolute atomic E-state index is 0.134. The van der Waals surface area contributed by atoms with E-state index in [2.05, 4.69) is 31.0 Å². The Balaban J connectivity index is 1.62. The van der Waals surface area contributed by atoms with E-state index < -0.39 is 0 Å². The van der Waals surface area contributed by atoms with Crippen LogP contribution in [-0.2, 0) is 14.9 Å². The van der Waals surface area contributed by atoms with E-state index in [1.807, 2.05) is 6.07 Å².